The number of carboxylic acids is 1. The lowest BCUT2D eigenvalue weighted by molar-refractivity contribution is -0.117. The number of piperidine rings is 1. The molecule has 0 spiro atoms. The molecule has 7 nitrogen and oxygen atoms in total. The Kier molecular flexibility index (Phi) is 6.39. The van der Waals surface area contributed by atoms with Gasteiger partial charge in [0.25, 0.3) is 5.91 Å². The number of benzene rings is 2. The molecule has 2 aromatic rings. The molecule has 0 radical (unpaired) electrons. The van der Waals surface area contributed by atoms with E-state index in [0.29, 0.717) is 25.2 Å². The van der Waals surface area contributed by atoms with E-state index in [2.05, 4.69) is 15.5 Å². The van der Waals surface area contributed by atoms with Crippen molar-refractivity contribution in [2.45, 2.75) is 18.9 Å². The zero-order valence-corrected chi connectivity index (χ0v) is 15.4. The van der Waals surface area contributed by atoms with Crippen LogP contribution in [0.2, 0.25) is 0 Å². The van der Waals surface area contributed by atoms with Gasteiger partial charge in [-0.2, -0.15) is 0 Å². The van der Waals surface area contributed by atoms with Crippen LogP contribution in [-0.2, 0) is 4.79 Å². The Morgan fingerprint density at radius 3 is 2.32 bits per heavy atom. The molecule has 3 rings (SSSR count). The highest BCUT2D eigenvalue weighted by Gasteiger charge is 2.22. The molecule has 0 bridgehead atoms. The van der Waals surface area contributed by atoms with Crippen LogP contribution in [0.5, 0.6) is 0 Å². The predicted octanol–water partition coefficient (Wildman–Crippen LogP) is 2.22. The van der Waals surface area contributed by atoms with Crippen molar-refractivity contribution in [3.8, 4) is 0 Å². The first-order valence-corrected chi connectivity index (χ1v) is 9.23. The van der Waals surface area contributed by atoms with Crippen molar-refractivity contribution < 1.29 is 19.5 Å². The van der Waals surface area contributed by atoms with Gasteiger partial charge in [-0.25, -0.2) is 4.79 Å². The quantitative estimate of drug-likeness (QED) is 0.713. The van der Waals surface area contributed by atoms with Crippen molar-refractivity contribution in [2.24, 2.45) is 0 Å². The number of amides is 2. The van der Waals surface area contributed by atoms with Crippen LogP contribution in [0, 0.1) is 0 Å². The summed E-state index contributed by atoms with van der Waals surface area (Å²) in [6.07, 6.45) is 1.48. The van der Waals surface area contributed by atoms with Crippen LogP contribution < -0.4 is 10.6 Å². The fraction of sp³-hybridized carbons (Fsp3) is 0.286. The lowest BCUT2D eigenvalue weighted by atomic mass is 10.0. The molecule has 0 saturated carbocycles. The zero-order valence-electron chi connectivity index (χ0n) is 15.4. The number of carboxylic acid groups (broad SMARTS) is 1. The van der Waals surface area contributed by atoms with E-state index in [1.807, 2.05) is 30.3 Å². The minimum atomic E-state index is -1.06. The Hall–Kier alpha value is -3.19. The largest absolute Gasteiger partial charge is 0.478 e. The van der Waals surface area contributed by atoms with Crippen molar-refractivity contribution in [2.75, 3.05) is 25.0 Å². The molecule has 1 saturated heterocycles. The Morgan fingerprint density at radius 1 is 0.964 bits per heavy atom. The number of carbonyl (C=O) groups excluding carboxylic acids is 2. The smallest absolute Gasteiger partial charge is 0.335 e. The van der Waals surface area contributed by atoms with Crippen molar-refractivity contribution in [3.05, 3.63) is 65.7 Å². The maximum Gasteiger partial charge on any atom is 0.335 e. The molecule has 1 aliphatic heterocycles. The number of para-hydroxylation sites is 1. The number of anilines is 1. The second-order valence-corrected chi connectivity index (χ2v) is 6.82. The Labute approximate surface area is 163 Å². The molecule has 2 aromatic carbocycles. The highest BCUT2D eigenvalue weighted by molar-refractivity contribution is 5.97. The number of nitrogens with one attached hydrogen (secondary N) is 2. The van der Waals surface area contributed by atoms with Gasteiger partial charge in [0.2, 0.25) is 5.91 Å². The van der Waals surface area contributed by atoms with Gasteiger partial charge in [-0.1, -0.05) is 24.3 Å². The third kappa shape index (κ3) is 5.40. The molecule has 2 amide bonds. The van der Waals surface area contributed by atoms with E-state index in [4.69, 9.17) is 5.11 Å². The fourth-order valence-corrected chi connectivity index (χ4v) is 3.22. The Bertz CT molecular complexity index is 846. The molecule has 0 atom stereocenters. The molecule has 28 heavy (non-hydrogen) atoms. The van der Waals surface area contributed by atoms with Crippen LogP contribution in [0.3, 0.4) is 0 Å². The van der Waals surface area contributed by atoms with Crippen LogP contribution in [0.25, 0.3) is 0 Å². The number of aromatic carboxylic acids is 1. The van der Waals surface area contributed by atoms with Gasteiger partial charge in [0.15, 0.2) is 0 Å². The van der Waals surface area contributed by atoms with Gasteiger partial charge in [-0.05, 0) is 43.2 Å². The molecule has 1 fully saturated rings. The monoisotopic (exact) mass is 381 g/mol. The highest BCUT2D eigenvalue weighted by Crippen LogP contribution is 2.13. The van der Waals surface area contributed by atoms with E-state index in [1.165, 1.54) is 12.1 Å². The number of hydrogen-bond acceptors (Lipinski definition) is 4. The van der Waals surface area contributed by atoms with E-state index in [0.717, 1.165) is 18.5 Å². The van der Waals surface area contributed by atoms with E-state index in [9.17, 15) is 14.4 Å². The summed E-state index contributed by atoms with van der Waals surface area (Å²) in [5, 5.41) is 14.9. The van der Waals surface area contributed by atoms with E-state index >= 15 is 0 Å². The van der Waals surface area contributed by atoms with Crippen LogP contribution in [0.1, 0.15) is 33.6 Å². The van der Waals surface area contributed by atoms with Crippen molar-refractivity contribution in [3.63, 3.8) is 0 Å². The van der Waals surface area contributed by atoms with Crippen LogP contribution in [0.15, 0.2) is 54.6 Å². The van der Waals surface area contributed by atoms with Crippen molar-refractivity contribution >= 4 is 23.5 Å². The van der Waals surface area contributed by atoms with Gasteiger partial charge < -0.3 is 15.7 Å². The summed E-state index contributed by atoms with van der Waals surface area (Å²) in [4.78, 5) is 37.6. The van der Waals surface area contributed by atoms with Crippen LogP contribution in [-0.4, -0.2) is 53.5 Å². The van der Waals surface area contributed by atoms with Gasteiger partial charge >= 0.3 is 5.97 Å². The molecule has 0 aromatic heterocycles. The molecule has 1 aliphatic rings. The van der Waals surface area contributed by atoms with Gasteiger partial charge in [-0.15, -0.1) is 0 Å². The number of hydrogen-bond donors (Lipinski definition) is 3. The second kappa shape index (κ2) is 9.14. The second-order valence-electron chi connectivity index (χ2n) is 6.82. The summed E-state index contributed by atoms with van der Waals surface area (Å²) >= 11 is 0. The van der Waals surface area contributed by atoms with Crippen molar-refractivity contribution in [1.82, 2.24) is 10.2 Å². The molecule has 3 N–H and O–H groups in total. The highest BCUT2D eigenvalue weighted by atomic mass is 16.4. The maximum atomic E-state index is 12.4. The first-order valence-electron chi connectivity index (χ1n) is 9.23. The third-order valence-corrected chi connectivity index (χ3v) is 4.72. The van der Waals surface area contributed by atoms with Crippen molar-refractivity contribution in [1.29, 1.82) is 0 Å². The zero-order chi connectivity index (χ0) is 19.9. The Morgan fingerprint density at radius 2 is 1.64 bits per heavy atom. The number of nitrogens with zero attached hydrogens (tertiary/aromatic N) is 1. The normalized spacial score (nSPS) is 15.0. The fourth-order valence-electron chi connectivity index (χ4n) is 3.22. The summed E-state index contributed by atoms with van der Waals surface area (Å²) in [6, 6.07) is 15.3. The molecule has 0 unspecified atom stereocenters. The van der Waals surface area contributed by atoms with Gasteiger partial charge in [0, 0.05) is 30.4 Å². The van der Waals surface area contributed by atoms with E-state index < -0.39 is 5.97 Å². The summed E-state index contributed by atoms with van der Waals surface area (Å²) in [5.41, 5.74) is 1.20. The summed E-state index contributed by atoms with van der Waals surface area (Å²) in [7, 11) is 0. The molecular weight excluding hydrogens is 358 g/mol. The van der Waals surface area contributed by atoms with E-state index in [1.54, 1.807) is 12.1 Å². The molecule has 0 aliphatic carbocycles. The molecule has 146 valence electrons. The Balaban J connectivity index is 1.45. The summed E-state index contributed by atoms with van der Waals surface area (Å²) < 4.78 is 0. The molecule has 1 heterocycles. The average Bonchev–Trinajstić information content (AvgIpc) is 2.70. The predicted molar refractivity (Wildman–Crippen MR) is 105 cm³/mol. The van der Waals surface area contributed by atoms with Gasteiger partial charge in [0.05, 0.1) is 12.1 Å². The van der Waals surface area contributed by atoms with Gasteiger partial charge in [-0.3, -0.25) is 14.5 Å². The average molecular weight is 381 g/mol. The van der Waals surface area contributed by atoms with Gasteiger partial charge in [0.1, 0.15) is 0 Å². The first kappa shape index (κ1) is 19.6. The standard InChI is InChI=1S/C21H23N3O4/c25-19(22-17-7-2-1-3-8-17)14-24-11-9-18(10-12-24)23-20(26)15-5-4-6-16(13-15)21(27)28/h1-8,13,18H,9-12,14H2,(H,22,25)(H,23,26)(H,27,28). The third-order valence-electron chi connectivity index (χ3n) is 4.72. The van der Waals surface area contributed by atoms with Crippen LogP contribution in [0.4, 0.5) is 5.69 Å². The summed E-state index contributed by atoms with van der Waals surface area (Å²) in [5.74, 6) is -1.39. The van der Waals surface area contributed by atoms with Crippen LogP contribution >= 0.6 is 0 Å². The number of carbonyl (C=O) groups is 3. The minimum absolute atomic E-state index is 0.00872. The maximum absolute atomic E-state index is 12.4. The topological polar surface area (TPSA) is 98.7 Å². The summed E-state index contributed by atoms with van der Waals surface area (Å²) in [6.45, 7) is 1.74. The first-order chi connectivity index (χ1) is 13.5. The minimum Gasteiger partial charge on any atom is -0.478 e. The van der Waals surface area contributed by atoms with E-state index in [-0.39, 0.29) is 23.4 Å². The molecule has 7 heteroatoms. The lowest BCUT2D eigenvalue weighted by Gasteiger charge is -2.31. The SMILES string of the molecule is O=C(CN1CCC(NC(=O)c2cccc(C(=O)O)c2)CC1)Nc1ccccc1. The molecular formula is C21H23N3O4. The number of rotatable bonds is 6. The lowest BCUT2D eigenvalue weighted by Crippen LogP contribution is -2.46. The number of likely N-dealkylation sites (tertiary alicyclic amines) is 1.